The highest BCUT2D eigenvalue weighted by atomic mass is 35.5. The predicted octanol–water partition coefficient (Wildman–Crippen LogP) is 3.20. The summed E-state index contributed by atoms with van der Waals surface area (Å²) in [6.45, 7) is 1.68. The molecule has 9 heteroatoms. The molecule has 0 unspecified atom stereocenters. The van der Waals surface area contributed by atoms with Crippen molar-refractivity contribution in [2.45, 2.75) is 0 Å². The van der Waals surface area contributed by atoms with Gasteiger partial charge in [-0.15, -0.1) is 5.10 Å². The number of fused-ring (bicyclic) bond motifs is 3. The Hall–Kier alpha value is -3.65. The van der Waals surface area contributed by atoms with Gasteiger partial charge in [-0.1, -0.05) is 16.8 Å². The van der Waals surface area contributed by atoms with E-state index in [1.165, 1.54) is 0 Å². The lowest BCUT2D eigenvalue weighted by Crippen LogP contribution is -2.33. The molecule has 154 valence electrons. The van der Waals surface area contributed by atoms with Gasteiger partial charge in [-0.25, -0.2) is 0 Å². The number of nitrogens with one attached hydrogen (secondary N) is 2. The number of amides is 2. The molecule has 4 heterocycles. The lowest BCUT2D eigenvalue weighted by atomic mass is 10.1. The fraction of sp³-hybridized carbons (Fsp3) is 0.182. The molecule has 2 N–H and O–H groups in total. The minimum atomic E-state index is -0.0800. The number of likely N-dealkylation sites (tertiary alicyclic amines) is 1. The quantitative estimate of drug-likeness (QED) is 0.508. The van der Waals surface area contributed by atoms with Crippen LogP contribution in [0.25, 0.3) is 21.9 Å². The Morgan fingerprint density at radius 1 is 1.03 bits per heavy atom. The van der Waals surface area contributed by atoms with Crippen LogP contribution in [0.3, 0.4) is 0 Å². The van der Waals surface area contributed by atoms with Crippen molar-refractivity contribution >= 4 is 45.4 Å². The van der Waals surface area contributed by atoms with E-state index in [-0.39, 0.29) is 17.7 Å². The first kappa shape index (κ1) is 18.1. The van der Waals surface area contributed by atoms with Crippen LogP contribution in [0.1, 0.15) is 20.8 Å². The van der Waals surface area contributed by atoms with Crippen molar-refractivity contribution in [3.8, 4) is 0 Å². The molecule has 0 saturated carbocycles. The summed E-state index contributed by atoms with van der Waals surface area (Å²) in [5.74, 6) is 0.0386. The molecule has 2 aromatic heterocycles. The van der Waals surface area contributed by atoms with E-state index in [4.69, 9.17) is 11.6 Å². The maximum absolute atomic E-state index is 13.0. The van der Waals surface area contributed by atoms with Crippen LogP contribution in [-0.2, 0) is 0 Å². The minimum Gasteiger partial charge on any atom is -0.351 e. The van der Waals surface area contributed by atoms with Crippen molar-refractivity contribution in [2.24, 2.45) is 5.92 Å². The van der Waals surface area contributed by atoms with Crippen LogP contribution >= 0.6 is 11.6 Å². The second kappa shape index (κ2) is 6.68. The van der Waals surface area contributed by atoms with Gasteiger partial charge in [0.05, 0.1) is 5.52 Å². The molecule has 0 bridgehead atoms. The standard InChI is InChI=1S/C22H17ClN6O2/c23-16-2-4-17-13(5-16)7-20(24-17)22(31)29-10-14-8-28(9-15(14)11-29)21(30)12-1-3-18-19(6-12)26-27-25-18/h1-7,10,15,24H,8-9,11H2,(H,25,26,27)/t15-/m1/s1. The van der Waals surface area contributed by atoms with E-state index in [0.29, 0.717) is 41.4 Å². The molecule has 0 aliphatic carbocycles. The second-order valence-corrected chi connectivity index (χ2v) is 8.44. The molecule has 2 aliphatic heterocycles. The molecule has 1 fully saturated rings. The summed E-state index contributed by atoms with van der Waals surface area (Å²) in [4.78, 5) is 32.7. The van der Waals surface area contributed by atoms with E-state index in [1.54, 1.807) is 23.1 Å². The van der Waals surface area contributed by atoms with E-state index in [0.717, 1.165) is 22.0 Å². The monoisotopic (exact) mass is 432 g/mol. The third-order valence-corrected chi connectivity index (χ3v) is 6.25. The summed E-state index contributed by atoms with van der Waals surface area (Å²) in [7, 11) is 0. The van der Waals surface area contributed by atoms with Gasteiger partial charge in [0.25, 0.3) is 11.8 Å². The summed E-state index contributed by atoms with van der Waals surface area (Å²) in [6, 6.07) is 12.7. The molecule has 2 aliphatic rings. The third kappa shape index (κ3) is 2.98. The van der Waals surface area contributed by atoms with Gasteiger partial charge in [0.15, 0.2) is 0 Å². The van der Waals surface area contributed by atoms with Crippen LogP contribution in [-0.4, -0.2) is 61.6 Å². The number of nitrogens with zero attached hydrogens (tertiary/aromatic N) is 4. The number of hydrogen-bond donors (Lipinski definition) is 2. The van der Waals surface area contributed by atoms with E-state index in [2.05, 4.69) is 20.4 Å². The molecule has 1 atom stereocenters. The highest BCUT2D eigenvalue weighted by Gasteiger charge is 2.37. The van der Waals surface area contributed by atoms with Gasteiger partial charge >= 0.3 is 0 Å². The summed E-state index contributed by atoms with van der Waals surface area (Å²) < 4.78 is 0. The average molecular weight is 433 g/mol. The lowest BCUT2D eigenvalue weighted by molar-refractivity contribution is 0.0772. The predicted molar refractivity (Wildman–Crippen MR) is 116 cm³/mol. The van der Waals surface area contributed by atoms with Crippen molar-refractivity contribution < 1.29 is 9.59 Å². The maximum atomic E-state index is 13.0. The maximum Gasteiger partial charge on any atom is 0.274 e. The zero-order chi connectivity index (χ0) is 21.1. The van der Waals surface area contributed by atoms with Gasteiger partial charge in [-0.05, 0) is 48.0 Å². The number of halogens is 1. The number of benzene rings is 2. The summed E-state index contributed by atoms with van der Waals surface area (Å²) in [6.07, 6.45) is 1.89. The number of H-pyrrole nitrogens is 2. The minimum absolute atomic E-state index is 0.0365. The first-order valence-electron chi connectivity index (χ1n) is 9.95. The second-order valence-electron chi connectivity index (χ2n) is 8.00. The van der Waals surface area contributed by atoms with Gasteiger partial charge in [0, 0.05) is 53.2 Å². The normalized spacial score (nSPS) is 18.1. The van der Waals surface area contributed by atoms with E-state index >= 15 is 0 Å². The van der Waals surface area contributed by atoms with E-state index in [1.807, 2.05) is 35.4 Å². The van der Waals surface area contributed by atoms with Crippen LogP contribution in [0.2, 0.25) is 5.02 Å². The molecule has 2 amide bonds. The van der Waals surface area contributed by atoms with Crippen molar-refractivity contribution in [2.75, 3.05) is 19.6 Å². The van der Waals surface area contributed by atoms with Gasteiger partial charge in [0.2, 0.25) is 0 Å². The third-order valence-electron chi connectivity index (χ3n) is 6.01. The first-order valence-corrected chi connectivity index (χ1v) is 10.3. The number of carbonyl (C=O) groups is 2. The molecule has 2 aromatic carbocycles. The zero-order valence-electron chi connectivity index (χ0n) is 16.3. The van der Waals surface area contributed by atoms with Gasteiger partial charge in [0.1, 0.15) is 11.2 Å². The molecule has 8 nitrogen and oxygen atoms in total. The summed E-state index contributed by atoms with van der Waals surface area (Å²) in [5, 5.41) is 12.1. The number of aromatic nitrogens is 4. The highest BCUT2D eigenvalue weighted by molar-refractivity contribution is 6.31. The van der Waals surface area contributed by atoms with Crippen LogP contribution in [0, 0.1) is 5.92 Å². The molecule has 31 heavy (non-hydrogen) atoms. The summed E-state index contributed by atoms with van der Waals surface area (Å²) in [5.41, 5.74) is 4.56. The van der Waals surface area contributed by atoms with E-state index in [9.17, 15) is 9.59 Å². The van der Waals surface area contributed by atoms with Crippen molar-refractivity contribution in [1.29, 1.82) is 0 Å². The molecule has 0 spiro atoms. The number of rotatable bonds is 2. The molecule has 6 rings (SSSR count). The zero-order valence-corrected chi connectivity index (χ0v) is 17.1. The van der Waals surface area contributed by atoms with Crippen LogP contribution < -0.4 is 0 Å². The lowest BCUT2D eigenvalue weighted by Gasteiger charge is -2.19. The van der Waals surface area contributed by atoms with E-state index < -0.39 is 0 Å². The largest absolute Gasteiger partial charge is 0.351 e. The number of carbonyl (C=O) groups excluding carboxylic acids is 2. The summed E-state index contributed by atoms with van der Waals surface area (Å²) >= 11 is 6.05. The molecule has 4 aromatic rings. The molecule has 0 radical (unpaired) electrons. The smallest absolute Gasteiger partial charge is 0.274 e. The SMILES string of the molecule is O=C(c1cc2cc(Cl)ccc2[nH]1)N1C=C2CN(C(=O)c3ccc4[nH]nnc4c3)C[C@@H]2C1. The van der Waals surface area contributed by atoms with Crippen LogP contribution in [0.15, 0.2) is 54.2 Å². The number of hydrogen-bond acceptors (Lipinski definition) is 4. The van der Waals surface area contributed by atoms with Gasteiger partial charge in [-0.2, -0.15) is 0 Å². The average Bonchev–Trinajstić information content (AvgIpc) is 3.53. The fourth-order valence-electron chi connectivity index (χ4n) is 4.44. The highest BCUT2D eigenvalue weighted by Crippen LogP contribution is 2.32. The Labute approximate surface area is 181 Å². The van der Waals surface area contributed by atoms with Crippen molar-refractivity contribution in [3.05, 3.63) is 70.5 Å². The molecule has 1 saturated heterocycles. The number of aromatic amines is 2. The van der Waals surface area contributed by atoms with Crippen molar-refractivity contribution in [1.82, 2.24) is 30.2 Å². The Kier molecular flexibility index (Phi) is 3.91. The topological polar surface area (TPSA) is 98.0 Å². The Morgan fingerprint density at radius 3 is 2.77 bits per heavy atom. The van der Waals surface area contributed by atoms with Crippen LogP contribution in [0.4, 0.5) is 0 Å². The molecular weight excluding hydrogens is 416 g/mol. The Morgan fingerprint density at radius 2 is 1.90 bits per heavy atom. The van der Waals surface area contributed by atoms with Gasteiger partial charge < -0.3 is 14.8 Å². The van der Waals surface area contributed by atoms with Crippen molar-refractivity contribution in [3.63, 3.8) is 0 Å². The first-order chi connectivity index (χ1) is 15.0. The Balaban J connectivity index is 1.19. The van der Waals surface area contributed by atoms with Gasteiger partial charge in [-0.3, -0.25) is 14.7 Å². The van der Waals surface area contributed by atoms with Crippen LogP contribution in [0.5, 0.6) is 0 Å². The molecular formula is C22H17ClN6O2. The fourth-order valence-corrected chi connectivity index (χ4v) is 4.62. The Bertz CT molecular complexity index is 1400.